The third-order valence-electron chi connectivity index (χ3n) is 3.01. The summed E-state index contributed by atoms with van der Waals surface area (Å²) < 4.78 is 15.5. The Kier molecular flexibility index (Phi) is 3.50. The fourth-order valence-electron chi connectivity index (χ4n) is 2.02. The molecule has 0 aliphatic heterocycles. The summed E-state index contributed by atoms with van der Waals surface area (Å²) in [5.74, 6) is -0.260. The number of fused-ring (bicyclic) bond motifs is 1. The van der Waals surface area contributed by atoms with E-state index in [2.05, 4.69) is 26.0 Å². The third kappa shape index (κ3) is 2.32. The summed E-state index contributed by atoms with van der Waals surface area (Å²) in [6.07, 6.45) is 0.690. The van der Waals surface area contributed by atoms with E-state index in [1.54, 1.807) is 16.6 Å². The normalized spacial score (nSPS) is 11.2. The summed E-state index contributed by atoms with van der Waals surface area (Å²) in [5.41, 5.74) is 8.82. The van der Waals surface area contributed by atoms with Gasteiger partial charge in [-0.25, -0.2) is 13.9 Å². The van der Waals surface area contributed by atoms with Crippen LogP contribution in [0.3, 0.4) is 0 Å². The zero-order valence-electron chi connectivity index (χ0n) is 10.6. The van der Waals surface area contributed by atoms with Crippen LogP contribution in [0.4, 0.5) is 4.39 Å². The molecule has 1 aromatic carbocycles. The van der Waals surface area contributed by atoms with E-state index in [0.29, 0.717) is 13.0 Å². The molecule has 0 atom stereocenters. The van der Waals surface area contributed by atoms with Crippen LogP contribution in [0.15, 0.2) is 41.0 Å². The van der Waals surface area contributed by atoms with Gasteiger partial charge in [-0.3, -0.25) is 0 Å². The summed E-state index contributed by atoms with van der Waals surface area (Å²) in [7, 11) is 0. The van der Waals surface area contributed by atoms with Crippen molar-refractivity contribution in [3.63, 3.8) is 0 Å². The maximum atomic E-state index is 13.0. The molecular formula is C14H12BrFN4. The van der Waals surface area contributed by atoms with Crippen LogP contribution >= 0.6 is 15.9 Å². The van der Waals surface area contributed by atoms with Gasteiger partial charge in [-0.1, -0.05) is 0 Å². The molecular weight excluding hydrogens is 323 g/mol. The maximum Gasteiger partial charge on any atom is 0.155 e. The van der Waals surface area contributed by atoms with Crippen LogP contribution in [-0.2, 0) is 6.42 Å². The lowest BCUT2D eigenvalue weighted by atomic mass is 10.1. The molecule has 2 aromatic heterocycles. The first-order chi connectivity index (χ1) is 9.69. The summed E-state index contributed by atoms with van der Waals surface area (Å²) in [6, 6.07) is 10.0. The number of rotatable bonds is 3. The van der Waals surface area contributed by atoms with E-state index in [4.69, 9.17) is 5.73 Å². The van der Waals surface area contributed by atoms with Crippen LogP contribution in [0, 0.1) is 5.82 Å². The van der Waals surface area contributed by atoms with Crippen LogP contribution in [0.2, 0.25) is 0 Å². The molecule has 0 radical (unpaired) electrons. The third-order valence-corrected chi connectivity index (χ3v) is 3.80. The van der Waals surface area contributed by atoms with Crippen LogP contribution < -0.4 is 5.73 Å². The van der Waals surface area contributed by atoms with Crippen molar-refractivity contribution in [2.24, 2.45) is 5.73 Å². The van der Waals surface area contributed by atoms with Crippen molar-refractivity contribution < 1.29 is 4.39 Å². The lowest BCUT2D eigenvalue weighted by molar-refractivity contribution is 0.628. The summed E-state index contributed by atoms with van der Waals surface area (Å²) in [5, 5.41) is 4.52. The highest BCUT2D eigenvalue weighted by Crippen LogP contribution is 2.22. The van der Waals surface area contributed by atoms with Crippen molar-refractivity contribution in [3.05, 3.63) is 52.5 Å². The van der Waals surface area contributed by atoms with Crippen molar-refractivity contribution in [2.75, 3.05) is 6.54 Å². The predicted octanol–water partition coefficient (Wildman–Crippen LogP) is 2.80. The molecule has 0 saturated carbocycles. The monoisotopic (exact) mass is 334 g/mol. The first kappa shape index (κ1) is 13.2. The second-order valence-corrected chi connectivity index (χ2v) is 5.13. The molecule has 0 saturated heterocycles. The van der Waals surface area contributed by atoms with Gasteiger partial charge in [0, 0.05) is 12.0 Å². The fourth-order valence-corrected chi connectivity index (χ4v) is 2.57. The van der Waals surface area contributed by atoms with E-state index in [9.17, 15) is 4.39 Å². The molecule has 2 N–H and O–H groups in total. The van der Waals surface area contributed by atoms with E-state index < -0.39 is 0 Å². The molecule has 0 aliphatic carbocycles. The quantitative estimate of drug-likeness (QED) is 0.801. The Morgan fingerprint density at radius 3 is 2.60 bits per heavy atom. The van der Waals surface area contributed by atoms with Gasteiger partial charge in [0.1, 0.15) is 10.4 Å². The van der Waals surface area contributed by atoms with Gasteiger partial charge < -0.3 is 5.73 Å². The molecule has 0 bridgehead atoms. The highest BCUT2D eigenvalue weighted by Gasteiger charge is 2.11. The molecule has 3 aromatic rings. The van der Waals surface area contributed by atoms with Gasteiger partial charge in [0.15, 0.2) is 5.65 Å². The second kappa shape index (κ2) is 5.30. The summed E-state index contributed by atoms with van der Waals surface area (Å²) in [4.78, 5) is 4.46. The van der Waals surface area contributed by atoms with Crippen molar-refractivity contribution in [3.8, 4) is 11.3 Å². The molecule has 102 valence electrons. The molecule has 6 heteroatoms. The minimum Gasteiger partial charge on any atom is -0.330 e. The standard InChI is InChI=1S/C14H12BrFN4/c15-14-12(7-8-17)18-13-6-5-11(19-20(13)14)9-1-3-10(16)4-2-9/h1-6H,7-8,17H2. The Labute approximate surface area is 123 Å². The Bertz CT molecular complexity index is 752. The van der Waals surface area contributed by atoms with Crippen LogP contribution in [-0.4, -0.2) is 21.1 Å². The van der Waals surface area contributed by atoms with Gasteiger partial charge in [0.05, 0.1) is 11.4 Å². The molecule has 0 aliphatic rings. The minimum atomic E-state index is -0.260. The molecule has 0 amide bonds. The Morgan fingerprint density at radius 2 is 1.90 bits per heavy atom. The zero-order valence-corrected chi connectivity index (χ0v) is 12.1. The number of hydrogen-bond donors (Lipinski definition) is 1. The van der Waals surface area contributed by atoms with Crippen molar-refractivity contribution >= 4 is 21.6 Å². The van der Waals surface area contributed by atoms with Gasteiger partial charge in [-0.2, -0.15) is 5.10 Å². The molecule has 2 heterocycles. The maximum absolute atomic E-state index is 13.0. The lowest BCUT2D eigenvalue weighted by Gasteiger charge is -2.02. The molecule has 0 unspecified atom stereocenters. The zero-order chi connectivity index (χ0) is 14.1. The highest BCUT2D eigenvalue weighted by molar-refractivity contribution is 9.10. The van der Waals surface area contributed by atoms with E-state index in [-0.39, 0.29) is 5.82 Å². The number of imidazole rings is 1. The second-order valence-electron chi connectivity index (χ2n) is 4.38. The first-order valence-electron chi connectivity index (χ1n) is 6.19. The largest absolute Gasteiger partial charge is 0.330 e. The number of aromatic nitrogens is 3. The smallest absolute Gasteiger partial charge is 0.155 e. The molecule has 0 fully saturated rings. The van der Waals surface area contributed by atoms with Gasteiger partial charge >= 0.3 is 0 Å². The predicted molar refractivity (Wildman–Crippen MR) is 78.8 cm³/mol. The molecule has 4 nitrogen and oxygen atoms in total. The molecule has 3 rings (SSSR count). The van der Waals surface area contributed by atoms with E-state index in [1.807, 2.05) is 12.1 Å². The Balaban J connectivity index is 2.10. The average Bonchev–Trinajstić information content (AvgIpc) is 2.77. The van der Waals surface area contributed by atoms with Crippen molar-refractivity contribution in [1.29, 1.82) is 0 Å². The van der Waals surface area contributed by atoms with Crippen LogP contribution in [0.25, 0.3) is 16.9 Å². The Morgan fingerprint density at radius 1 is 1.15 bits per heavy atom. The lowest BCUT2D eigenvalue weighted by Crippen LogP contribution is -2.03. The summed E-state index contributed by atoms with van der Waals surface area (Å²) >= 11 is 3.49. The van der Waals surface area contributed by atoms with Crippen molar-refractivity contribution in [2.45, 2.75) is 6.42 Å². The van der Waals surface area contributed by atoms with Gasteiger partial charge in [-0.15, -0.1) is 0 Å². The number of halogens is 2. The van der Waals surface area contributed by atoms with E-state index >= 15 is 0 Å². The van der Waals surface area contributed by atoms with E-state index in [1.165, 1.54) is 12.1 Å². The van der Waals surface area contributed by atoms with Crippen LogP contribution in [0.5, 0.6) is 0 Å². The first-order valence-corrected chi connectivity index (χ1v) is 6.98. The van der Waals surface area contributed by atoms with Crippen molar-refractivity contribution in [1.82, 2.24) is 14.6 Å². The van der Waals surface area contributed by atoms with E-state index in [0.717, 1.165) is 27.2 Å². The van der Waals surface area contributed by atoms with Gasteiger partial charge in [0.25, 0.3) is 0 Å². The highest BCUT2D eigenvalue weighted by atomic mass is 79.9. The summed E-state index contributed by atoms with van der Waals surface area (Å²) in [6.45, 7) is 0.535. The topological polar surface area (TPSA) is 56.2 Å². The fraction of sp³-hybridized carbons (Fsp3) is 0.143. The number of nitrogens with two attached hydrogens (primary N) is 1. The van der Waals surface area contributed by atoms with Crippen LogP contribution in [0.1, 0.15) is 5.69 Å². The average molecular weight is 335 g/mol. The van der Waals surface area contributed by atoms with Gasteiger partial charge in [0.2, 0.25) is 0 Å². The SMILES string of the molecule is NCCc1nc2ccc(-c3ccc(F)cc3)nn2c1Br. The number of nitrogens with zero attached hydrogens (tertiary/aromatic N) is 3. The van der Waals surface area contributed by atoms with Gasteiger partial charge in [-0.05, 0) is 58.9 Å². The molecule has 20 heavy (non-hydrogen) atoms. The Hall–Kier alpha value is -1.79. The number of benzene rings is 1. The number of hydrogen-bond acceptors (Lipinski definition) is 3. The molecule has 0 spiro atoms. The minimum absolute atomic E-state index is 0.260.